The number of nitrogens with zero attached hydrogens (tertiary/aromatic N) is 3. The van der Waals surface area contributed by atoms with E-state index in [1.807, 2.05) is 0 Å². The van der Waals surface area contributed by atoms with Crippen LogP contribution in [0.5, 0.6) is 0 Å². The fourth-order valence-electron chi connectivity index (χ4n) is 1.17. The Morgan fingerprint density at radius 2 is 1.94 bits per heavy atom. The van der Waals surface area contributed by atoms with Crippen LogP contribution in [0.3, 0.4) is 0 Å². The number of anilines is 1. The third kappa shape index (κ3) is 5.06. The van der Waals surface area contributed by atoms with Gasteiger partial charge >= 0.3 is 5.97 Å². The Labute approximate surface area is 104 Å². The lowest BCUT2D eigenvalue weighted by Crippen LogP contribution is -2.19. The second kappa shape index (κ2) is 6.33. The van der Waals surface area contributed by atoms with Gasteiger partial charge in [-0.05, 0) is 24.3 Å². The monoisotopic (exact) mass is 250 g/mol. The summed E-state index contributed by atoms with van der Waals surface area (Å²) >= 11 is 0. The van der Waals surface area contributed by atoms with Crippen molar-refractivity contribution in [2.75, 3.05) is 18.9 Å². The third-order valence-corrected chi connectivity index (χ3v) is 1.86. The minimum absolute atomic E-state index is 0.148. The van der Waals surface area contributed by atoms with Crippen LogP contribution < -0.4 is 5.32 Å². The molecule has 0 aromatic heterocycles. The molecule has 2 N–H and O–H groups in total. The largest absolute Gasteiger partial charge is 0.480 e. The normalized spacial score (nSPS) is 10.3. The maximum atomic E-state index is 10.8. The molecule has 0 spiro atoms. The Hall–Kier alpha value is -2.44. The summed E-state index contributed by atoms with van der Waals surface area (Å²) in [5, 5.41) is 19.9. The van der Waals surface area contributed by atoms with Crippen LogP contribution in [0.25, 0.3) is 0 Å². The van der Waals surface area contributed by atoms with Crippen LogP contribution in [0, 0.1) is 0 Å². The molecule has 0 aliphatic carbocycles. The molecular formula is C11H14N4O3. The molecule has 0 saturated heterocycles. The highest BCUT2D eigenvalue weighted by molar-refractivity contribution is 5.88. The highest BCUT2D eigenvalue weighted by Gasteiger charge is 2.00. The Kier molecular flexibility index (Phi) is 4.79. The van der Waals surface area contributed by atoms with Gasteiger partial charge in [0.1, 0.15) is 6.54 Å². The highest BCUT2D eigenvalue weighted by Crippen LogP contribution is 2.16. The molecule has 0 atom stereocenters. The van der Waals surface area contributed by atoms with Gasteiger partial charge in [-0.1, -0.05) is 5.22 Å². The molecule has 1 amide bonds. The van der Waals surface area contributed by atoms with Crippen molar-refractivity contribution < 1.29 is 14.7 Å². The molecule has 0 aliphatic rings. The molecule has 0 bridgehead atoms. The standard InChI is InChI=1S/C11H14N4O3/c1-8(16)12-9-3-5-10(6-4-9)13-14-15(2)7-11(17)18/h3-6H,7H2,1-2H3,(H,12,16)(H,17,18)/b14-13+. The Balaban J connectivity index is 2.60. The first-order chi connectivity index (χ1) is 8.47. The smallest absolute Gasteiger partial charge is 0.324 e. The van der Waals surface area contributed by atoms with Gasteiger partial charge in [0.05, 0.1) is 5.69 Å². The molecule has 7 heteroatoms. The molecule has 18 heavy (non-hydrogen) atoms. The van der Waals surface area contributed by atoms with E-state index in [4.69, 9.17) is 5.11 Å². The molecule has 0 aliphatic heterocycles. The number of carboxylic acids is 1. The predicted octanol–water partition coefficient (Wildman–Crippen LogP) is 1.66. The van der Waals surface area contributed by atoms with Crippen molar-refractivity contribution in [2.24, 2.45) is 10.3 Å². The summed E-state index contributed by atoms with van der Waals surface area (Å²) in [5.41, 5.74) is 1.24. The van der Waals surface area contributed by atoms with Crippen LogP contribution in [0.4, 0.5) is 11.4 Å². The van der Waals surface area contributed by atoms with Crippen LogP contribution in [-0.2, 0) is 9.59 Å². The van der Waals surface area contributed by atoms with E-state index in [1.54, 1.807) is 24.3 Å². The summed E-state index contributed by atoms with van der Waals surface area (Å²) in [6.45, 7) is 1.21. The molecule has 0 saturated carbocycles. The topological polar surface area (TPSA) is 94.4 Å². The number of rotatable bonds is 5. The first-order valence-corrected chi connectivity index (χ1v) is 5.19. The zero-order chi connectivity index (χ0) is 13.5. The van der Waals surface area contributed by atoms with Gasteiger partial charge in [-0.3, -0.25) is 14.6 Å². The lowest BCUT2D eigenvalue weighted by Gasteiger charge is -2.06. The van der Waals surface area contributed by atoms with Crippen LogP contribution >= 0.6 is 0 Å². The SMILES string of the molecule is CC(=O)Nc1ccc(/N=N/N(C)CC(=O)O)cc1. The first kappa shape index (κ1) is 13.6. The molecule has 0 radical (unpaired) electrons. The Bertz CT molecular complexity index is 456. The molecule has 96 valence electrons. The zero-order valence-electron chi connectivity index (χ0n) is 10.1. The van der Waals surface area contributed by atoms with Crippen molar-refractivity contribution in [3.63, 3.8) is 0 Å². The van der Waals surface area contributed by atoms with E-state index in [2.05, 4.69) is 15.7 Å². The van der Waals surface area contributed by atoms with E-state index in [1.165, 1.54) is 19.0 Å². The molecule has 0 fully saturated rings. The van der Waals surface area contributed by atoms with Crippen molar-refractivity contribution >= 4 is 23.3 Å². The maximum Gasteiger partial charge on any atom is 0.324 e. The molecule has 0 heterocycles. The number of carbonyl (C=O) groups is 2. The average molecular weight is 250 g/mol. The van der Waals surface area contributed by atoms with Gasteiger partial charge < -0.3 is 10.4 Å². The Morgan fingerprint density at radius 3 is 2.44 bits per heavy atom. The number of carbonyl (C=O) groups excluding carboxylic acids is 1. The van der Waals surface area contributed by atoms with Crippen LogP contribution in [0.1, 0.15) is 6.92 Å². The number of amides is 1. The third-order valence-electron chi connectivity index (χ3n) is 1.86. The van der Waals surface area contributed by atoms with Gasteiger partial charge in [0, 0.05) is 19.7 Å². The Morgan fingerprint density at radius 1 is 1.33 bits per heavy atom. The number of likely N-dealkylation sites (N-methyl/N-ethyl adjacent to an activating group) is 1. The summed E-state index contributed by atoms with van der Waals surface area (Å²) in [4.78, 5) is 21.2. The van der Waals surface area contributed by atoms with Gasteiger partial charge in [-0.15, -0.1) is 5.11 Å². The quantitative estimate of drug-likeness (QED) is 0.613. The van der Waals surface area contributed by atoms with E-state index in [9.17, 15) is 9.59 Å². The van der Waals surface area contributed by atoms with Crippen molar-refractivity contribution in [3.8, 4) is 0 Å². The minimum Gasteiger partial charge on any atom is -0.480 e. The van der Waals surface area contributed by atoms with Gasteiger partial charge in [-0.25, -0.2) is 0 Å². The van der Waals surface area contributed by atoms with Crippen molar-refractivity contribution in [1.29, 1.82) is 0 Å². The number of aliphatic carboxylic acids is 1. The van der Waals surface area contributed by atoms with Crippen LogP contribution in [0.15, 0.2) is 34.6 Å². The van der Waals surface area contributed by atoms with E-state index >= 15 is 0 Å². The maximum absolute atomic E-state index is 10.8. The molecule has 7 nitrogen and oxygen atoms in total. The lowest BCUT2D eigenvalue weighted by atomic mass is 10.3. The molecule has 0 unspecified atom stereocenters. The minimum atomic E-state index is -0.975. The zero-order valence-corrected chi connectivity index (χ0v) is 10.1. The van der Waals surface area contributed by atoms with E-state index in [-0.39, 0.29) is 12.5 Å². The fourth-order valence-corrected chi connectivity index (χ4v) is 1.17. The first-order valence-electron chi connectivity index (χ1n) is 5.19. The van der Waals surface area contributed by atoms with Gasteiger partial charge in [0.25, 0.3) is 0 Å². The molecule has 1 aromatic rings. The average Bonchev–Trinajstić information content (AvgIpc) is 2.26. The van der Waals surface area contributed by atoms with Crippen molar-refractivity contribution in [3.05, 3.63) is 24.3 Å². The van der Waals surface area contributed by atoms with E-state index in [0.29, 0.717) is 11.4 Å². The number of hydrogen-bond donors (Lipinski definition) is 2. The molecular weight excluding hydrogens is 236 g/mol. The summed E-state index contributed by atoms with van der Waals surface area (Å²) in [6, 6.07) is 6.71. The highest BCUT2D eigenvalue weighted by atomic mass is 16.4. The molecule has 1 rings (SSSR count). The fraction of sp³-hybridized carbons (Fsp3) is 0.273. The number of hydrogen-bond acceptors (Lipinski definition) is 4. The van der Waals surface area contributed by atoms with Gasteiger partial charge in [-0.2, -0.15) is 0 Å². The number of benzene rings is 1. The van der Waals surface area contributed by atoms with E-state index < -0.39 is 5.97 Å². The summed E-state index contributed by atoms with van der Waals surface area (Å²) in [7, 11) is 1.52. The van der Waals surface area contributed by atoms with Crippen molar-refractivity contribution in [1.82, 2.24) is 5.01 Å². The van der Waals surface area contributed by atoms with E-state index in [0.717, 1.165) is 0 Å². The van der Waals surface area contributed by atoms with Crippen LogP contribution in [0.2, 0.25) is 0 Å². The van der Waals surface area contributed by atoms with Crippen molar-refractivity contribution in [2.45, 2.75) is 6.92 Å². The predicted molar refractivity (Wildman–Crippen MR) is 65.5 cm³/mol. The summed E-state index contributed by atoms with van der Waals surface area (Å²) in [6.07, 6.45) is 0. The molecule has 1 aromatic carbocycles. The number of carboxylic acid groups (broad SMARTS) is 1. The summed E-state index contributed by atoms with van der Waals surface area (Å²) in [5.74, 6) is -1.12. The number of nitrogens with one attached hydrogen (secondary N) is 1. The lowest BCUT2D eigenvalue weighted by molar-refractivity contribution is -0.138. The van der Waals surface area contributed by atoms with Gasteiger partial charge in [0.15, 0.2) is 0 Å². The van der Waals surface area contributed by atoms with Gasteiger partial charge in [0.2, 0.25) is 5.91 Å². The summed E-state index contributed by atoms with van der Waals surface area (Å²) < 4.78 is 0. The van der Waals surface area contributed by atoms with Crippen LogP contribution in [-0.4, -0.2) is 35.6 Å². The second-order valence-electron chi connectivity index (χ2n) is 3.63. The second-order valence-corrected chi connectivity index (χ2v) is 3.63.